The molecule has 1 amide bonds. The molecular formula is C21H26ClFN4O2. The summed E-state index contributed by atoms with van der Waals surface area (Å²) in [5.41, 5.74) is 1.61. The molecule has 2 fully saturated rings. The maximum Gasteiger partial charge on any atom is 0.238 e. The van der Waals surface area contributed by atoms with Crippen LogP contribution < -0.4 is 5.32 Å². The topological polar surface area (TPSA) is 61.6 Å². The second-order valence-electron chi connectivity index (χ2n) is 9.37. The lowest BCUT2D eigenvalue weighted by Gasteiger charge is -2.60. The van der Waals surface area contributed by atoms with Gasteiger partial charge in [0.2, 0.25) is 11.8 Å². The Bertz CT molecular complexity index is 889. The van der Waals surface area contributed by atoms with Gasteiger partial charge in [-0.2, -0.15) is 0 Å². The molecule has 8 heteroatoms. The summed E-state index contributed by atoms with van der Waals surface area (Å²) < 4.78 is 19.0. The normalized spacial score (nSPS) is 19.1. The molecule has 6 nitrogen and oxygen atoms in total. The van der Waals surface area contributed by atoms with Gasteiger partial charge in [0.05, 0.1) is 18.8 Å². The lowest BCUT2D eigenvalue weighted by atomic mass is 9.73. The number of amides is 1. The van der Waals surface area contributed by atoms with Crippen molar-refractivity contribution in [1.29, 1.82) is 0 Å². The summed E-state index contributed by atoms with van der Waals surface area (Å²) in [6, 6.07) is 4.01. The predicted octanol–water partition coefficient (Wildman–Crippen LogP) is 3.52. The number of benzene rings is 1. The van der Waals surface area contributed by atoms with Gasteiger partial charge in [-0.1, -0.05) is 32.4 Å². The van der Waals surface area contributed by atoms with Crippen molar-refractivity contribution in [3.05, 3.63) is 46.9 Å². The van der Waals surface area contributed by atoms with E-state index in [0.29, 0.717) is 12.2 Å². The molecule has 2 aliphatic rings. The van der Waals surface area contributed by atoms with Crippen LogP contribution >= 0.6 is 11.6 Å². The van der Waals surface area contributed by atoms with Crippen LogP contribution in [0.4, 0.5) is 10.1 Å². The lowest BCUT2D eigenvalue weighted by Crippen LogP contribution is -2.72. The van der Waals surface area contributed by atoms with Gasteiger partial charge >= 0.3 is 0 Å². The van der Waals surface area contributed by atoms with Gasteiger partial charge in [-0.05, 0) is 18.2 Å². The molecule has 1 spiro atoms. The molecule has 2 saturated heterocycles. The van der Waals surface area contributed by atoms with Gasteiger partial charge in [0, 0.05) is 47.7 Å². The smallest absolute Gasteiger partial charge is 0.238 e. The van der Waals surface area contributed by atoms with Crippen molar-refractivity contribution in [3.63, 3.8) is 0 Å². The number of likely N-dealkylation sites (tertiary alicyclic amines) is 2. The van der Waals surface area contributed by atoms with Crippen LogP contribution in [-0.4, -0.2) is 53.4 Å². The molecule has 4 rings (SSSR count). The Morgan fingerprint density at radius 3 is 2.55 bits per heavy atom. The van der Waals surface area contributed by atoms with Crippen molar-refractivity contribution in [2.45, 2.75) is 32.7 Å². The summed E-state index contributed by atoms with van der Waals surface area (Å²) in [5, 5.41) is 2.97. The second kappa shape index (κ2) is 7.38. The summed E-state index contributed by atoms with van der Waals surface area (Å²) in [6.45, 7) is 11.1. The Morgan fingerprint density at radius 2 is 1.93 bits per heavy atom. The molecule has 0 aliphatic carbocycles. The molecule has 29 heavy (non-hydrogen) atoms. The minimum Gasteiger partial charge on any atom is -0.447 e. The molecule has 1 aromatic carbocycles. The zero-order valence-corrected chi connectivity index (χ0v) is 17.7. The number of hydrogen-bond donors (Lipinski definition) is 1. The van der Waals surface area contributed by atoms with E-state index in [4.69, 9.17) is 16.0 Å². The van der Waals surface area contributed by atoms with E-state index in [1.54, 1.807) is 6.26 Å². The standard InChI is InChI=1S/C21H26ClFN4O2/c1-20(2,3)17-9-29-19(25-17)8-27-12-21(13-27)10-26(11-21)7-18(28)24-16-5-14(22)4-15(23)6-16/h4-6,9H,7-8,10-13H2,1-3H3,(H,24,28). The van der Waals surface area contributed by atoms with E-state index < -0.39 is 5.82 Å². The number of halogens is 2. The van der Waals surface area contributed by atoms with Gasteiger partial charge in [0.1, 0.15) is 12.1 Å². The Kier molecular flexibility index (Phi) is 5.17. The van der Waals surface area contributed by atoms with E-state index in [0.717, 1.165) is 44.3 Å². The van der Waals surface area contributed by atoms with Crippen molar-refractivity contribution in [2.24, 2.45) is 5.41 Å². The number of nitrogens with one attached hydrogen (secondary N) is 1. The number of anilines is 1. The Labute approximate surface area is 175 Å². The number of carbonyl (C=O) groups is 1. The van der Waals surface area contributed by atoms with Gasteiger partial charge < -0.3 is 9.73 Å². The van der Waals surface area contributed by atoms with Gasteiger partial charge in [-0.25, -0.2) is 9.37 Å². The number of oxazole rings is 1. The fourth-order valence-electron chi connectivity index (χ4n) is 4.18. The average molecular weight is 421 g/mol. The van der Waals surface area contributed by atoms with Crippen LogP contribution in [0.2, 0.25) is 5.02 Å². The number of carbonyl (C=O) groups excluding carboxylic acids is 1. The number of nitrogens with zero attached hydrogens (tertiary/aromatic N) is 3. The average Bonchev–Trinajstić information content (AvgIpc) is 2.98. The van der Waals surface area contributed by atoms with Crippen LogP contribution in [0.25, 0.3) is 0 Å². The fraction of sp³-hybridized carbons (Fsp3) is 0.524. The summed E-state index contributed by atoms with van der Waals surface area (Å²) >= 11 is 5.82. The highest BCUT2D eigenvalue weighted by Gasteiger charge is 2.51. The van der Waals surface area contributed by atoms with E-state index in [9.17, 15) is 9.18 Å². The first kappa shape index (κ1) is 20.3. The van der Waals surface area contributed by atoms with E-state index in [-0.39, 0.29) is 21.8 Å². The number of hydrogen-bond acceptors (Lipinski definition) is 5. The van der Waals surface area contributed by atoms with Gasteiger partial charge in [-0.3, -0.25) is 14.6 Å². The Morgan fingerprint density at radius 1 is 1.24 bits per heavy atom. The van der Waals surface area contributed by atoms with Crippen molar-refractivity contribution < 1.29 is 13.6 Å². The van der Waals surface area contributed by atoms with Gasteiger partial charge in [0.15, 0.2) is 0 Å². The highest BCUT2D eigenvalue weighted by molar-refractivity contribution is 6.30. The maximum absolute atomic E-state index is 13.4. The fourth-order valence-corrected chi connectivity index (χ4v) is 4.40. The van der Waals surface area contributed by atoms with Crippen LogP contribution in [0.1, 0.15) is 32.4 Å². The third-order valence-corrected chi connectivity index (χ3v) is 5.65. The second-order valence-corrected chi connectivity index (χ2v) is 9.81. The lowest BCUT2D eigenvalue weighted by molar-refractivity contribution is -0.135. The SMILES string of the molecule is CC(C)(C)c1coc(CN2CC3(CN(CC(=O)Nc4cc(F)cc(Cl)c4)C3)C2)n1. The molecule has 1 N–H and O–H groups in total. The number of aromatic nitrogens is 1. The largest absolute Gasteiger partial charge is 0.447 e. The first-order valence-electron chi connectivity index (χ1n) is 9.76. The van der Waals surface area contributed by atoms with E-state index in [1.165, 1.54) is 18.2 Å². The quantitative estimate of drug-likeness (QED) is 0.801. The molecule has 156 valence electrons. The first-order chi connectivity index (χ1) is 13.6. The maximum atomic E-state index is 13.4. The van der Waals surface area contributed by atoms with Crippen molar-refractivity contribution in [3.8, 4) is 0 Å². The molecule has 0 unspecified atom stereocenters. The Hall–Kier alpha value is -1.96. The molecule has 0 bridgehead atoms. The number of rotatable bonds is 5. The molecule has 3 heterocycles. The van der Waals surface area contributed by atoms with Gasteiger partial charge in [0.25, 0.3) is 0 Å². The Balaban J connectivity index is 1.20. The van der Waals surface area contributed by atoms with E-state index in [2.05, 4.69) is 40.9 Å². The minimum absolute atomic E-state index is 0.0101. The van der Waals surface area contributed by atoms with Crippen LogP contribution in [0.5, 0.6) is 0 Å². The van der Waals surface area contributed by atoms with Crippen molar-refractivity contribution in [2.75, 3.05) is 38.0 Å². The van der Waals surface area contributed by atoms with Crippen molar-refractivity contribution >= 4 is 23.2 Å². The molecule has 2 aliphatic heterocycles. The molecule has 0 atom stereocenters. The molecule has 2 aromatic rings. The van der Waals surface area contributed by atoms with Crippen LogP contribution in [0, 0.1) is 11.2 Å². The van der Waals surface area contributed by atoms with Gasteiger partial charge in [-0.15, -0.1) is 0 Å². The summed E-state index contributed by atoms with van der Waals surface area (Å²) in [6.07, 6.45) is 1.75. The highest BCUT2D eigenvalue weighted by atomic mass is 35.5. The highest BCUT2D eigenvalue weighted by Crippen LogP contribution is 2.40. The predicted molar refractivity (Wildman–Crippen MR) is 109 cm³/mol. The zero-order valence-electron chi connectivity index (χ0n) is 17.0. The first-order valence-corrected chi connectivity index (χ1v) is 10.1. The summed E-state index contributed by atoms with van der Waals surface area (Å²) in [7, 11) is 0. The van der Waals surface area contributed by atoms with Crippen LogP contribution in [-0.2, 0) is 16.8 Å². The minimum atomic E-state index is -0.467. The third-order valence-electron chi connectivity index (χ3n) is 5.43. The third kappa shape index (κ3) is 4.63. The van der Waals surface area contributed by atoms with Crippen LogP contribution in [0.3, 0.4) is 0 Å². The zero-order chi connectivity index (χ0) is 20.8. The van der Waals surface area contributed by atoms with E-state index >= 15 is 0 Å². The summed E-state index contributed by atoms with van der Waals surface area (Å²) in [4.78, 5) is 21.2. The van der Waals surface area contributed by atoms with E-state index in [1.807, 2.05) is 0 Å². The molecular weight excluding hydrogens is 395 g/mol. The molecule has 0 radical (unpaired) electrons. The van der Waals surface area contributed by atoms with Crippen molar-refractivity contribution in [1.82, 2.24) is 14.8 Å². The van der Waals surface area contributed by atoms with Crippen LogP contribution in [0.15, 0.2) is 28.9 Å². The monoisotopic (exact) mass is 420 g/mol. The molecule has 1 aromatic heterocycles. The molecule has 0 saturated carbocycles. The summed E-state index contributed by atoms with van der Waals surface area (Å²) in [5.74, 6) is 0.132.